The number of hydrogen-bond acceptors (Lipinski definition) is 6. The van der Waals surface area contributed by atoms with Crippen molar-refractivity contribution in [2.75, 3.05) is 38.2 Å². The van der Waals surface area contributed by atoms with Gasteiger partial charge in [-0.05, 0) is 64.4 Å². The van der Waals surface area contributed by atoms with E-state index in [1.807, 2.05) is 25.1 Å². The van der Waals surface area contributed by atoms with E-state index in [-0.39, 0.29) is 23.1 Å². The van der Waals surface area contributed by atoms with Gasteiger partial charge in [0.05, 0.1) is 5.56 Å². The minimum Gasteiger partial charge on any atom is -0.462 e. The van der Waals surface area contributed by atoms with E-state index in [4.69, 9.17) is 9.72 Å². The third-order valence-corrected chi connectivity index (χ3v) is 8.54. The van der Waals surface area contributed by atoms with Gasteiger partial charge in [-0.25, -0.2) is 8.78 Å². The molecule has 9 heteroatoms. The molecular weight excluding hydrogens is 486 g/mol. The molecule has 5 heterocycles. The van der Waals surface area contributed by atoms with Gasteiger partial charge in [-0.3, -0.25) is 0 Å². The van der Waals surface area contributed by atoms with Gasteiger partial charge in [-0.15, -0.1) is 0 Å². The molecule has 7 rings (SSSR count). The quantitative estimate of drug-likeness (QED) is 0.397. The molecular formula is C29H32F2N6O. The molecule has 38 heavy (non-hydrogen) atoms. The number of benzene rings is 2. The average Bonchev–Trinajstić information content (AvgIpc) is 3.60. The zero-order valence-electron chi connectivity index (χ0n) is 21.7. The number of nitrogens with zero attached hydrogens (tertiary/aromatic N) is 4. The number of rotatable bonds is 5. The monoisotopic (exact) mass is 518 g/mol. The van der Waals surface area contributed by atoms with Crippen molar-refractivity contribution in [1.29, 1.82) is 0 Å². The van der Waals surface area contributed by atoms with Crippen molar-refractivity contribution in [2.24, 2.45) is 0 Å². The van der Waals surface area contributed by atoms with Crippen molar-refractivity contribution in [1.82, 2.24) is 25.2 Å². The summed E-state index contributed by atoms with van der Waals surface area (Å²) in [5, 5.41) is 4.77. The van der Waals surface area contributed by atoms with E-state index in [9.17, 15) is 0 Å². The van der Waals surface area contributed by atoms with Crippen molar-refractivity contribution in [3.05, 3.63) is 47.7 Å². The lowest BCUT2D eigenvalue weighted by atomic mass is 10.00. The first-order valence-corrected chi connectivity index (χ1v) is 13.6. The van der Waals surface area contributed by atoms with Gasteiger partial charge in [-0.1, -0.05) is 11.6 Å². The number of aromatic nitrogens is 3. The van der Waals surface area contributed by atoms with Crippen LogP contribution in [0, 0.1) is 18.6 Å². The summed E-state index contributed by atoms with van der Waals surface area (Å²) in [7, 11) is 2.09. The standard InChI is InChI=1S/C29H32F2N6O/c1-16-5-8-24-20(10-16)22(12-32-24)25-23(30)11-21-27(26(25)31)34-29(38-15-19-4-3-9-36(19)2)35-28(21)37-13-17-6-7-18(14-37)33-17/h5,8,10-12,17-19,32-33H,3-4,6-7,9,13-15H2,1-2H3/t17?,18?,19-/m0/s1. The van der Waals surface area contributed by atoms with E-state index in [1.54, 1.807) is 6.20 Å². The van der Waals surface area contributed by atoms with Crippen LogP contribution in [0.4, 0.5) is 14.6 Å². The number of fused-ring (bicyclic) bond motifs is 4. The SMILES string of the molecule is Cc1ccc2[nH]cc(-c3c(F)cc4c(N5CC6CCC(C5)N6)nc(OC[C@@H]5CCCN5C)nc4c3F)c2c1. The summed E-state index contributed by atoms with van der Waals surface area (Å²) in [5.41, 5.74) is 2.34. The lowest BCUT2D eigenvalue weighted by Crippen LogP contribution is -2.51. The van der Waals surface area contributed by atoms with Crippen LogP contribution in [0.1, 0.15) is 31.2 Å². The summed E-state index contributed by atoms with van der Waals surface area (Å²) in [4.78, 5) is 16.8. The van der Waals surface area contributed by atoms with Crippen molar-refractivity contribution < 1.29 is 13.5 Å². The van der Waals surface area contributed by atoms with Gasteiger partial charge in [0.1, 0.15) is 23.8 Å². The summed E-state index contributed by atoms with van der Waals surface area (Å²) in [6, 6.07) is 8.35. The molecule has 2 aromatic carbocycles. The van der Waals surface area contributed by atoms with Crippen molar-refractivity contribution in [2.45, 2.75) is 50.7 Å². The molecule has 198 valence electrons. The molecule has 2 aromatic heterocycles. The van der Waals surface area contributed by atoms with Gasteiger partial charge >= 0.3 is 6.01 Å². The number of aromatic amines is 1. The van der Waals surface area contributed by atoms with E-state index in [2.05, 4.69) is 32.1 Å². The molecule has 2 N–H and O–H groups in total. The molecule has 3 saturated heterocycles. The first-order valence-electron chi connectivity index (χ1n) is 13.6. The number of hydrogen-bond donors (Lipinski definition) is 2. The lowest BCUT2D eigenvalue weighted by Gasteiger charge is -2.34. The van der Waals surface area contributed by atoms with E-state index >= 15 is 8.78 Å². The summed E-state index contributed by atoms with van der Waals surface area (Å²) >= 11 is 0. The van der Waals surface area contributed by atoms with Crippen LogP contribution in [0.15, 0.2) is 30.5 Å². The number of ether oxygens (including phenoxy) is 1. The Morgan fingerprint density at radius 3 is 2.63 bits per heavy atom. The predicted molar refractivity (Wildman–Crippen MR) is 145 cm³/mol. The van der Waals surface area contributed by atoms with E-state index < -0.39 is 11.6 Å². The second-order valence-corrected chi connectivity index (χ2v) is 11.2. The maximum Gasteiger partial charge on any atom is 0.319 e. The second kappa shape index (κ2) is 9.17. The first kappa shape index (κ1) is 23.8. The van der Waals surface area contributed by atoms with E-state index in [1.165, 1.54) is 6.07 Å². The fourth-order valence-corrected chi connectivity index (χ4v) is 6.48. The molecule has 0 aliphatic carbocycles. The highest BCUT2D eigenvalue weighted by atomic mass is 19.1. The molecule has 3 aliphatic heterocycles. The van der Waals surface area contributed by atoms with Crippen LogP contribution in [0.25, 0.3) is 32.9 Å². The molecule has 3 fully saturated rings. The van der Waals surface area contributed by atoms with Gasteiger partial charge in [0.2, 0.25) is 0 Å². The van der Waals surface area contributed by atoms with Gasteiger partial charge in [-0.2, -0.15) is 9.97 Å². The van der Waals surface area contributed by atoms with Crippen LogP contribution in [0.3, 0.4) is 0 Å². The Labute approximate surface area is 220 Å². The third kappa shape index (κ3) is 3.99. The lowest BCUT2D eigenvalue weighted by molar-refractivity contribution is 0.188. The Bertz CT molecular complexity index is 1530. The van der Waals surface area contributed by atoms with Crippen molar-refractivity contribution in [3.63, 3.8) is 0 Å². The number of aryl methyl sites for hydroxylation is 1. The van der Waals surface area contributed by atoms with Gasteiger partial charge in [0.15, 0.2) is 5.82 Å². The third-order valence-electron chi connectivity index (χ3n) is 8.54. The first-order chi connectivity index (χ1) is 18.4. The fraction of sp³-hybridized carbons (Fsp3) is 0.448. The molecule has 3 atom stereocenters. The van der Waals surface area contributed by atoms with Gasteiger partial charge < -0.3 is 24.8 Å². The predicted octanol–water partition coefficient (Wildman–Crippen LogP) is 4.78. The Hall–Kier alpha value is -3.30. The average molecular weight is 519 g/mol. The van der Waals surface area contributed by atoms with E-state index in [0.29, 0.717) is 35.5 Å². The van der Waals surface area contributed by atoms with Crippen LogP contribution in [0.5, 0.6) is 6.01 Å². The number of likely N-dealkylation sites (tertiary alicyclic amines) is 1. The summed E-state index contributed by atoms with van der Waals surface area (Å²) in [6.45, 7) is 4.91. The van der Waals surface area contributed by atoms with Crippen LogP contribution in [-0.4, -0.2) is 71.3 Å². The number of nitrogens with one attached hydrogen (secondary N) is 2. The molecule has 0 amide bonds. The number of anilines is 1. The Balaban J connectivity index is 1.37. The summed E-state index contributed by atoms with van der Waals surface area (Å²) < 4.78 is 38.3. The van der Waals surface area contributed by atoms with Crippen LogP contribution in [0.2, 0.25) is 0 Å². The Kier molecular flexibility index (Phi) is 5.74. The molecule has 7 nitrogen and oxygen atoms in total. The number of H-pyrrole nitrogens is 1. The topological polar surface area (TPSA) is 69.3 Å². The number of piperazine rings is 1. The molecule has 0 saturated carbocycles. The van der Waals surface area contributed by atoms with Gasteiger partial charge in [0.25, 0.3) is 0 Å². The zero-order valence-corrected chi connectivity index (χ0v) is 21.7. The second-order valence-electron chi connectivity index (χ2n) is 11.2. The Morgan fingerprint density at radius 1 is 1.05 bits per heavy atom. The molecule has 2 unspecified atom stereocenters. The highest BCUT2D eigenvalue weighted by Gasteiger charge is 2.34. The maximum absolute atomic E-state index is 16.4. The largest absolute Gasteiger partial charge is 0.462 e. The minimum atomic E-state index is -0.688. The molecule has 0 spiro atoms. The van der Waals surface area contributed by atoms with Crippen molar-refractivity contribution in [3.8, 4) is 17.1 Å². The Morgan fingerprint density at radius 2 is 1.87 bits per heavy atom. The molecule has 2 bridgehead atoms. The molecule has 4 aromatic rings. The number of halogens is 2. The van der Waals surface area contributed by atoms with Gasteiger partial charge in [0, 0.05) is 59.3 Å². The highest BCUT2D eigenvalue weighted by Crippen LogP contribution is 2.39. The van der Waals surface area contributed by atoms with Crippen LogP contribution in [-0.2, 0) is 0 Å². The van der Waals surface area contributed by atoms with Crippen molar-refractivity contribution >= 4 is 27.6 Å². The zero-order chi connectivity index (χ0) is 26.0. The summed E-state index contributed by atoms with van der Waals surface area (Å²) in [5.74, 6) is -0.768. The van der Waals surface area contributed by atoms with Crippen LogP contribution < -0.4 is 15.0 Å². The molecule has 0 radical (unpaired) electrons. The minimum absolute atomic E-state index is 0.0825. The number of likely N-dealkylation sites (N-methyl/N-ethyl adjacent to an activating group) is 1. The summed E-state index contributed by atoms with van der Waals surface area (Å²) in [6.07, 6.45) is 6.02. The fourth-order valence-electron chi connectivity index (χ4n) is 6.48. The smallest absolute Gasteiger partial charge is 0.319 e. The van der Waals surface area contributed by atoms with Crippen LogP contribution >= 0.6 is 0 Å². The molecule has 3 aliphatic rings. The maximum atomic E-state index is 16.4. The highest BCUT2D eigenvalue weighted by molar-refractivity contribution is 6.00. The van der Waals surface area contributed by atoms with E-state index in [0.717, 1.165) is 61.8 Å². The normalized spacial score (nSPS) is 23.7.